The van der Waals surface area contributed by atoms with E-state index < -0.39 is 29.9 Å². The second-order valence-corrected chi connectivity index (χ2v) is 7.76. The first-order chi connectivity index (χ1) is 15.8. The second kappa shape index (κ2) is 10.2. The summed E-state index contributed by atoms with van der Waals surface area (Å²) in [6.45, 7) is 4.74. The van der Waals surface area contributed by atoms with Crippen molar-refractivity contribution in [2.24, 2.45) is 0 Å². The van der Waals surface area contributed by atoms with Gasteiger partial charge in [-0.3, -0.25) is 14.8 Å². The van der Waals surface area contributed by atoms with Crippen LogP contribution in [0.25, 0.3) is 11.0 Å². The molecule has 172 valence electrons. The Kier molecular flexibility index (Phi) is 7.34. The van der Waals surface area contributed by atoms with Crippen LogP contribution in [0.5, 0.6) is 0 Å². The summed E-state index contributed by atoms with van der Waals surface area (Å²) in [7, 11) is 1.19. The van der Waals surface area contributed by atoms with Gasteiger partial charge in [-0.1, -0.05) is 6.07 Å². The summed E-state index contributed by atoms with van der Waals surface area (Å²) in [6, 6.07) is 4.85. The summed E-state index contributed by atoms with van der Waals surface area (Å²) in [5.74, 6) is -2.81. The minimum absolute atomic E-state index is 0.0294. The van der Waals surface area contributed by atoms with Gasteiger partial charge in [-0.2, -0.15) is 0 Å². The molecule has 1 atom stereocenters. The number of nitrogens with zero attached hydrogens (tertiary/aromatic N) is 2. The number of amides is 1. The summed E-state index contributed by atoms with van der Waals surface area (Å²) in [5, 5.41) is 2.63. The fraction of sp³-hybridized carbons (Fsp3) is 0.273. The summed E-state index contributed by atoms with van der Waals surface area (Å²) in [5.41, 5.74) is 1.36. The highest BCUT2D eigenvalue weighted by atomic mass is 32.1. The van der Waals surface area contributed by atoms with E-state index in [-0.39, 0.29) is 27.6 Å². The number of esters is 3. The lowest BCUT2D eigenvalue weighted by Gasteiger charge is -2.14. The molecule has 33 heavy (non-hydrogen) atoms. The molecule has 3 rings (SSSR count). The molecule has 0 spiro atoms. The summed E-state index contributed by atoms with van der Waals surface area (Å²) in [6.07, 6.45) is 1.73. The fourth-order valence-electron chi connectivity index (χ4n) is 2.99. The van der Waals surface area contributed by atoms with Crippen LogP contribution in [0.3, 0.4) is 0 Å². The van der Waals surface area contributed by atoms with E-state index in [0.29, 0.717) is 16.6 Å². The van der Waals surface area contributed by atoms with Gasteiger partial charge in [-0.25, -0.2) is 14.4 Å². The van der Waals surface area contributed by atoms with Crippen LogP contribution in [-0.4, -0.2) is 53.6 Å². The molecule has 1 N–H and O–H groups in total. The van der Waals surface area contributed by atoms with Crippen molar-refractivity contribution in [2.45, 2.75) is 26.9 Å². The molecule has 1 amide bonds. The molecule has 0 fully saturated rings. The van der Waals surface area contributed by atoms with Crippen LogP contribution >= 0.6 is 11.3 Å². The number of para-hydroxylation sites is 1. The number of methoxy groups -OCH3 is 1. The van der Waals surface area contributed by atoms with Crippen LogP contribution < -0.4 is 5.32 Å². The predicted octanol–water partition coefficient (Wildman–Crippen LogP) is 3.15. The van der Waals surface area contributed by atoms with E-state index in [1.165, 1.54) is 32.5 Å². The van der Waals surface area contributed by atoms with Crippen LogP contribution in [-0.2, 0) is 19.0 Å². The number of hydrogen-bond donors (Lipinski definition) is 1. The molecular formula is C22H21N3O7S. The number of fused-ring (bicyclic) bond motifs is 1. The Morgan fingerprint density at radius 1 is 1.09 bits per heavy atom. The lowest BCUT2D eigenvalue weighted by atomic mass is 10.1. The van der Waals surface area contributed by atoms with Gasteiger partial charge in [0.15, 0.2) is 6.10 Å². The SMILES string of the molecule is CCOC(=O)c1sc(NC(=O)C(C)OC(=O)c2cccc3nccnc23)c(C(=O)OC)c1C. The Morgan fingerprint density at radius 3 is 2.52 bits per heavy atom. The van der Waals surface area contributed by atoms with Crippen LogP contribution in [0.1, 0.15) is 49.8 Å². The molecule has 0 aliphatic rings. The quantitative estimate of drug-likeness (QED) is 0.407. The normalized spacial score (nSPS) is 11.5. The molecule has 0 aliphatic carbocycles. The van der Waals surface area contributed by atoms with Crippen molar-refractivity contribution in [3.05, 3.63) is 52.2 Å². The van der Waals surface area contributed by atoms with Crippen LogP contribution in [0.15, 0.2) is 30.6 Å². The first kappa shape index (κ1) is 23.8. The third-order valence-corrected chi connectivity index (χ3v) is 5.79. The molecule has 2 aromatic heterocycles. The maximum absolute atomic E-state index is 12.7. The van der Waals surface area contributed by atoms with E-state index in [1.54, 1.807) is 26.0 Å². The third-order valence-electron chi connectivity index (χ3n) is 4.61. The average molecular weight is 471 g/mol. The van der Waals surface area contributed by atoms with Crippen LogP contribution in [0.2, 0.25) is 0 Å². The van der Waals surface area contributed by atoms with Gasteiger partial charge < -0.3 is 19.5 Å². The number of hydrogen-bond acceptors (Lipinski definition) is 10. The Bertz CT molecular complexity index is 1230. The molecule has 0 bridgehead atoms. The number of benzene rings is 1. The van der Waals surface area contributed by atoms with Gasteiger partial charge in [0.1, 0.15) is 15.4 Å². The molecule has 1 unspecified atom stereocenters. The maximum Gasteiger partial charge on any atom is 0.348 e. The van der Waals surface area contributed by atoms with Crippen molar-refractivity contribution in [1.82, 2.24) is 9.97 Å². The zero-order chi connectivity index (χ0) is 24.1. The first-order valence-electron chi connectivity index (χ1n) is 9.88. The Labute approximate surface area is 192 Å². The van der Waals surface area contributed by atoms with Crippen molar-refractivity contribution in [2.75, 3.05) is 19.0 Å². The molecule has 3 aromatic rings. The van der Waals surface area contributed by atoms with Gasteiger partial charge in [0.25, 0.3) is 5.91 Å². The number of carbonyl (C=O) groups is 4. The Balaban J connectivity index is 1.81. The van der Waals surface area contributed by atoms with Crippen molar-refractivity contribution in [3.8, 4) is 0 Å². The Morgan fingerprint density at radius 2 is 1.82 bits per heavy atom. The van der Waals surface area contributed by atoms with E-state index in [9.17, 15) is 19.2 Å². The minimum Gasteiger partial charge on any atom is -0.465 e. The van der Waals surface area contributed by atoms with E-state index in [4.69, 9.17) is 14.2 Å². The summed E-state index contributed by atoms with van der Waals surface area (Å²) < 4.78 is 15.1. The lowest BCUT2D eigenvalue weighted by molar-refractivity contribution is -0.123. The van der Waals surface area contributed by atoms with Gasteiger partial charge in [0, 0.05) is 12.4 Å². The van der Waals surface area contributed by atoms with Gasteiger partial charge in [0.05, 0.1) is 30.4 Å². The first-order valence-corrected chi connectivity index (χ1v) is 10.7. The molecular weight excluding hydrogens is 450 g/mol. The largest absolute Gasteiger partial charge is 0.465 e. The minimum atomic E-state index is -1.22. The molecule has 10 nitrogen and oxygen atoms in total. The van der Waals surface area contributed by atoms with Gasteiger partial charge in [0.2, 0.25) is 0 Å². The highest BCUT2D eigenvalue weighted by molar-refractivity contribution is 7.18. The van der Waals surface area contributed by atoms with E-state index >= 15 is 0 Å². The number of aromatic nitrogens is 2. The molecule has 0 saturated carbocycles. The van der Waals surface area contributed by atoms with E-state index in [0.717, 1.165) is 11.3 Å². The zero-order valence-electron chi connectivity index (χ0n) is 18.3. The number of carbonyl (C=O) groups excluding carboxylic acids is 4. The van der Waals surface area contributed by atoms with E-state index in [1.807, 2.05) is 0 Å². The molecule has 1 aromatic carbocycles. The number of ether oxygens (including phenoxy) is 3. The number of nitrogens with one attached hydrogen (secondary N) is 1. The topological polar surface area (TPSA) is 134 Å². The lowest BCUT2D eigenvalue weighted by Crippen LogP contribution is -2.30. The van der Waals surface area contributed by atoms with Crippen molar-refractivity contribution >= 4 is 51.2 Å². The second-order valence-electron chi connectivity index (χ2n) is 6.74. The number of thiophene rings is 1. The molecule has 11 heteroatoms. The molecule has 0 aliphatic heterocycles. The monoisotopic (exact) mass is 471 g/mol. The van der Waals surface area contributed by atoms with E-state index in [2.05, 4.69) is 15.3 Å². The van der Waals surface area contributed by atoms with Crippen molar-refractivity contribution in [1.29, 1.82) is 0 Å². The maximum atomic E-state index is 12.7. The molecule has 0 radical (unpaired) electrons. The van der Waals surface area contributed by atoms with Crippen LogP contribution in [0, 0.1) is 6.92 Å². The third kappa shape index (κ3) is 4.98. The Hall–Kier alpha value is -3.86. The number of anilines is 1. The molecule has 2 heterocycles. The van der Waals surface area contributed by atoms with Crippen molar-refractivity contribution in [3.63, 3.8) is 0 Å². The van der Waals surface area contributed by atoms with Crippen molar-refractivity contribution < 1.29 is 33.4 Å². The van der Waals surface area contributed by atoms with Gasteiger partial charge >= 0.3 is 17.9 Å². The molecule has 0 saturated heterocycles. The fourth-order valence-corrected chi connectivity index (χ4v) is 4.08. The number of rotatable bonds is 7. The average Bonchev–Trinajstić information content (AvgIpc) is 3.13. The highest BCUT2D eigenvalue weighted by Gasteiger charge is 2.29. The highest BCUT2D eigenvalue weighted by Crippen LogP contribution is 2.34. The van der Waals surface area contributed by atoms with Gasteiger partial charge in [-0.15, -0.1) is 11.3 Å². The zero-order valence-corrected chi connectivity index (χ0v) is 19.1. The summed E-state index contributed by atoms with van der Waals surface area (Å²) in [4.78, 5) is 58.3. The summed E-state index contributed by atoms with van der Waals surface area (Å²) >= 11 is 0.875. The predicted molar refractivity (Wildman–Crippen MR) is 119 cm³/mol. The van der Waals surface area contributed by atoms with Crippen LogP contribution in [0.4, 0.5) is 5.00 Å². The smallest absolute Gasteiger partial charge is 0.348 e. The van der Waals surface area contributed by atoms with Gasteiger partial charge in [-0.05, 0) is 38.5 Å². The standard InChI is InChI=1S/C22H21N3O7S/c1-5-31-22(29)17-11(2)15(21(28)30-4)19(33-17)25-18(26)12(3)32-20(27)13-7-6-8-14-16(13)24-10-9-23-14/h6-10,12H,5H2,1-4H3,(H,25,26).